The summed E-state index contributed by atoms with van der Waals surface area (Å²) in [4.78, 5) is 21.3. The number of carbonyl (C=O) groups excluding carboxylic acids is 1. The fourth-order valence-corrected chi connectivity index (χ4v) is 4.44. The van der Waals surface area contributed by atoms with Crippen LogP contribution in [-0.2, 0) is 16.0 Å². The van der Waals surface area contributed by atoms with Gasteiger partial charge in [0.2, 0.25) is 5.91 Å². The molecule has 0 aromatic carbocycles. The minimum absolute atomic E-state index is 0.0229. The second-order valence-electron chi connectivity index (χ2n) is 7.47. The molecule has 3 saturated heterocycles. The summed E-state index contributed by atoms with van der Waals surface area (Å²) >= 11 is 0. The minimum atomic E-state index is 0.0229. The van der Waals surface area contributed by atoms with E-state index in [1.165, 1.54) is 25.9 Å². The summed E-state index contributed by atoms with van der Waals surface area (Å²) in [5.41, 5.74) is 0.878. The van der Waals surface area contributed by atoms with Crippen LogP contribution in [0, 0.1) is 0 Å². The molecule has 0 radical (unpaired) electrons. The number of pyridine rings is 1. The Morgan fingerprint density at radius 2 is 2.00 bits per heavy atom. The third kappa shape index (κ3) is 3.33. The number of rotatable bonds is 3. The van der Waals surface area contributed by atoms with E-state index in [4.69, 9.17) is 4.74 Å². The Hall–Kier alpha value is -1.46. The van der Waals surface area contributed by atoms with Crippen LogP contribution in [0.15, 0.2) is 24.4 Å². The van der Waals surface area contributed by atoms with Crippen molar-refractivity contribution < 1.29 is 9.53 Å². The molecule has 3 fully saturated rings. The van der Waals surface area contributed by atoms with E-state index in [1.807, 2.05) is 23.1 Å². The van der Waals surface area contributed by atoms with Crippen LogP contribution >= 0.6 is 0 Å². The van der Waals surface area contributed by atoms with Crippen LogP contribution in [0.2, 0.25) is 0 Å². The lowest BCUT2D eigenvalue weighted by atomic mass is 9.87. The molecule has 1 amide bonds. The summed E-state index contributed by atoms with van der Waals surface area (Å²) < 4.78 is 6.26. The Balaban J connectivity index is 1.29. The third-order valence-electron chi connectivity index (χ3n) is 5.93. The molecule has 24 heavy (non-hydrogen) atoms. The summed E-state index contributed by atoms with van der Waals surface area (Å²) in [6.45, 7) is 4.98. The summed E-state index contributed by atoms with van der Waals surface area (Å²) in [6.07, 6.45) is 7.92. The average Bonchev–Trinajstić information content (AvgIpc) is 3.27. The topological polar surface area (TPSA) is 45.7 Å². The standard InChI is InChI=1S/C19H27N3O2/c23-18(13-16-5-1-2-8-20-16)22-11-6-19(7-12-22)14-17(15-24-19)21-9-3-4-10-21/h1-2,5,8,17H,3-4,6-7,9-15H2/t17-/m0/s1. The van der Waals surface area contributed by atoms with Crippen molar-refractivity contribution in [3.05, 3.63) is 30.1 Å². The Morgan fingerprint density at radius 1 is 1.21 bits per heavy atom. The maximum atomic E-state index is 12.5. The number of amides is 1. The Kier molecular flexibility index (Phi) is 4.55. The Labute approximate surface area is 144 Å². The van der Waals surface area contributed by atoms with Gasteiger partial charge in [0.25, 0.3) is 0 Å². The van der Waals surface area contributed by atoms with Crippen LogP contribution in [-0.4, -0.2) is 65.1 Å². The number of ether oxygens (including phenoxy) is 1. The van der Waals surface area contributed by atoms with Gasteiger partial charge in [-0.25, -0.2) is 0 Å². The predicted molar refractivity (Wildman–Crippen MR) is 91.7 cm³/mol. The van der Waals surface area contributed by atoms with Gasteiger partial charge in [-0.3, -0.25) is 14.7 Å². The van der Waals surface area contributed by atoms with Crippen molar-refractivity contribution in [2.75, 3.05) is 32.8 Å². The molecule has 1 aromatic rings. The second kappa shape index (κ2) is 6.81. The molecule has 0 saturated carbocycles. The normalized spacial score (nSPS) is 27.0. The third-order valence-corrected chi connectivity index (χ3v) is 5.93. The molecule has 3 aliphatic rings. The molecule has 0 aliphatic carbocycles. The maximum absolute atomic E-state index is 12.5. The lowest BCUT2D eigenvalue weighted by Gasteiger charge is -2.39. The number of likely N-dealkylation sites (tertiary alicyclic amines) is 2. The van der Waals surface area contributed by atoms with Gasteiger partial charge in [-0.15, -0.1) is 0 Å². The van der Waals surface area contributed by atoms with Gasteiger partial charge in [-0.2, -0.15) is 0 Å². The van der Waals surface area contributed by atoms with Gasteiger partial charge >= 0.3 is 0 Å². The quantitative estimate of drug-likeness (QED) is 0.849. The molecule has 4 heterocycles. The molecule has 0 N–H and O–H groups in total. The second-order valence-corrected chi connectivity index (χ2v) is 7.47. The predicted octanol–water partition coefficient (Wildman–Crippen LogP) is 1.87. The van der Waals surface area contributed by atoms with E-state index >= 15 is 0 Å². The summed E-state index contributed by atoms with van der Waals surface area (Å²) in [5.74, 6) is 0.192. The van der Waals surface area contributed by atoms with E-state index in [9.17, 15) is 4.79 Å². The Bertz CT molecular complexity index is 563. The number of hydrogen-bond donors (Lipinski definition) is 0. The van der Waals surface area contributed by atoms with Gasteiger partial charge < -0.3 is 9.64 Å². The van der Waals surface area contributed by atoms with Crippen molar-refractivity contribution in [2.45, 2.75) is 50.2 Å². The lowest BCUT2D eigenvalue weighted by Crippen LogP contribution is -2.47. The molecule has 130 valence electrons. The van der Waals surface area contributed by atoms with Crippen LogP contribution < -0.4 is 0 Å². The number of hydrogen-bond acceptors (Lipinski definition) is 4. The molecule has 5 heteroatoms. The van der Waals surface area contributed by atoms with Gasteiger partial charge in [0.15, 0.2) is 0 Å². The molecule has 1 aromatic heterocycles. The number of piperidine rings is 1. The SMILES string of the molecule is O=C(Cc1ccccn1)N1CCC2(CC1)C[C@H](N1CCCC1)CO2. The van der Waals surface area contributed by atoms with E-state index in [2.05, 4.69) is 9.88 Å². The number of aromatic nitrogens is 1. The monoisotopic (exact) mass is 329 g/mol. The van der Waals surface area contributed by atoms with Crippen LogP contribution in [0.5, 0.6) is 0 Å². The minimum Gasteiger partial charge on any atom is -0.373 e. The van der Waals surface area contributed by atoms with Crippen molar-refractivity contribution in [1.82, 2.24) is 14.8 Å². The van der Waals surface area contributed by atoms with Crippen molar-refractivity contribution in [2.24, 2.45) is 0 Å². The lowest BCUT2D eigenvalue weighted by molar-refractivity contribution is -0.135. The van der Waals surface area contributed by atoms with E-state index in [-0.39, 0.29) is 11.5 Å². The molecule has 1 spiro atoms. The van der Waals surface area contributed by atoms with E-state index < -0.39 is 0 Å². The van der Waals surface area contributed by atoms with Crippen molar-refractivity contribution in [3.8, 4) is 0 Å². The number of carbonyl (C=O) groups is 1. The van der Waals surface area contributed by atoms with E-state index in [0.29, 0.717) is 12.5 Å². The van der Waals surface area contributed by atoms with Gasteiger partial charge in [0.05, 0.1) is 18.6 Å². The van der Waals surface area contributed by atoms with Gasteiger partial charge in [0, 0.05) is 31.0 Å². The first-order valence-corrected chi connectivity index (χ1v) is 9.30. The molecule has 4 rings (SSSR count). The highest BCUT2D eigenvalue weighted by molar-refractivity contribution is 5.78. The zero-order chi connectivity index (χ0) is 16.4. The maximum Gasteiger partial charge on any atom is 0.228 e. The fraction of sp³-hybridized carbons (Fsp3) is 0.684. The van der Waals surface area contributed by atoms with Crippen LogP contribution in [0.4, 0.5) is 0 Å². The first-order chi connectivity index (χ1) is 11.7. The first-order valence-electron chi connectivity index (χ1n) is 9.30. The van der Waals surface area contributed by atoms with Crippen LogP contribution in [0.3, 0.4) is 0 Å². The van der Waals surface area contributed by atoms with Crippen molar-refractivity contribution >= 4 is 5.91 Å². The zero-order valence-electron chi connectivity index (χ0n) is 14.3. The van der Waals surface area contributed by atoms with Gasteiger partial charge in [0.1, 0.15) is 0 Å². The van der Waals surface area contributed by atoms with Crippen LogP contribution in [0.1, 0.15) is 37.8 Å². The highest BCUT2D eigenvalue weighted by Gasteiger charge is 2.45. The fourth-order valence-electron chi connectivity index (χ4n) is 4.44. The van der Waals surface area contributed by atoms with Crippen LogP contribution in [0.25, 0.3) is 0 Å². The first kappa shape index (κ1) is 16.0. The average molecular weight is 329 g/mol. The number of nitrogens with zero attached hydrogens (tertiary/aromatic N) is 3. The molecule has 0 bridgehead atoms. The molecule has 1 atom stereocenters. The largest absolute Gasteiger partial charge is 0.373 e. The van der Waals surface area contributed by atoms with Gasteiger partial charge in [-0.05, 0) is 57.3 Å². The van der Waals surface area contributed by atoms with Gasteiger partial charge in [-0.1, -0.05) is 6.07 Å². The molecule has 0 unspecified atom stereocenters. The highest BCUT2D eigenvalue weighted by Crippen LogP contribution is 2.38. The Morgan fingerprint density at radius 3 is 2.71 bits per heavy atom. The highest BCUT2D eigenvalue weighted by atomic mass is 16.5. The molecular formula is C19H27N3O2. The van der Waals surface area contributed by atoms with Crippen molar-refractivity contribution in [3.63, 3.8) is 0 Å². The zero-order valence-corrected chi connectivity index (χ0v) is 14.3. The smallest absolute Gasteiger partial charge is 0.228 e. The van der Waals surface area contributed by atoms with E-state index in [0.717, 1.165) is 44.7 Å². The van der Waals surface area contributed by atoms with Crippen molar-refractivity contribution in [1.29, 1.82) is 0 Å². The summed E-state index contributed by atoms with van der Waals surface area (Å²) in [7, 11) is 0. The summed E-state index contributed by atoms with van der Waals surface area (Å²) in [6, 6.07) is 6.34. The summed E-state index contributed by atoms with van der Waals surface area (Å²) in [5, 5.41) is 0. The molecular weight excluding hydrogens is 302 g/mol. The molecule has 3 aliphatic heterocycles. The van der Waals surface area contributed by atoms with E-state index in [1.54, 1.807) is 6.20 Å². The molecule has 5 nitrogen and oxygen atoms in total.